The Morgan fingerprint density at radius 3 is 2.95 bits per heavy atom. The molecule has 0 aromatic carbocycles. The van der Waals surface area contributed by atoms with Crippen molar-refractivity contribution in [3.05, 3.63) is 35.4 Å². The molecule has 6 nitrogen and oxygen atoms in total. The van der Waals surface area contributed by atoms with Crippen LogP contribution < -0.4 is 0 Å². The molecule has 1 atom stereocenters. The minimum Gasteiger partial charge on any atom is -0.391 e. The van der Waals surface area contributed by atoms with Crippen molar-refractivity contribution in [3.8, 4) is 11.5 Å². The molecular formula is C14H16ClN5O. The number of pyridine rings is 1. The summed E-state index contributed by atoms with van der Waals surface area (Å²) in [5, 5.41) is 14.7. The Morgan fingerprint density at radius 2 is 2.19 bits per heavy atom. The molecular weight excluding hydrogens is 290 g/mol. The zero-order valence-corrected chi connectivity index (χ0v) is 12.6. The van der Waals surface area contributed by atoms with Gasteiger partial charge in [-0.3, -0.25) is 4.40 Å². The molecule has 3 aromatic heterocycles. The van der Waals surface area contributed by atoms with Crippen LogP contribution in [0.25, 0.3) is 17.2 Å². The van der Waals surface area contributed by atoms with Gasteiger partial charge in [-0.15, -0.1) is 0 Å². The summed E-state index contributed by atoms with van der Waals surface area (Å²) in [4.78, 5) is 8.83. The number of rotatable bonds is 4. The van der Waals surface area contributed by atoms with E-state index in [1.165, 1.54) is 6.33 Å². The van der Waals surface area contributed by atoms with Crippen molar-refractivity contribution < 1.29 is 5.11 Å². The van der Waals surface area contributed by atoms with Crippen molar-refractivity contribution >= 4 is 17.2 Å². The minimum atomic E-state index is -0.450. The largest absolute Gasteiger partial charge is 0.391 e. The summed E-state index contributed by atoms with van der Waals surface area (Å²) >= 11 is 6.08. The van der Waals surface area contributed by atoms with Gasteiger partial charge in [0.2, 0.25) is 0 Å². The number of aliphatic hydroxyl groups excluding tert-OH is 1. The summed E-state index contributed by atoms with van der Waals surface area (Å²) in [5.74, 6) is 0.676. The third kappa shape index (κ3) is 2.52. The van der Waals surface area contributed by atoms with Gasteiger partial charge >= 0.3 is 0 Å². The van der Waals surface area contributed by atoms with Gasteiger partial charge in [0.05, 0.1) is 23.4 Å². The highest BCUT2D eigenvalue weighted by molar-refractivity contribution is 6.30. The highest BCUT2D eigenvalue weighted by Crippen LogP contribution is 2.24. The second kappa shape index (κ2) is 5.46. The van der Waals surface area contributed by atoms with Crippen LogP contribution >= 0.6 is 11.6 Å². The normalized spacial score (nSPS) is 13.0. The number of fused-ring (bicyclic) bond motifs is 1. The van der Waals surface area contributed by atoms with Crippen LogP contribution in [-0.2, 0) is 6.54 Å². The lowest BCUT2D eigenvalue weighted by atomic mass is 10.2. The van der Waals surface area contributed by atoms with E-state index in [9.17, 15) is 5.11 Å². The number of aliphatic hydroxyl groups is 1. The number of imidazole rings is 1. The van der Waals surface area contributed by atoms with E-state index in [4.69, 9.17) is 11.6 Å². The second-order valence-corrected chi connectivity index (χ2v) is 5.39. The Balaban J connectivity index is 2.15. The van der Waals surface area contributed by atoms with Gasteiger partial charge < -0.3 is 5.11 Å². The SMILES string of the molecule is CC[C@@H](O)Cn1ncnc1-c1c(C)nc2ccc(Cl)cn12. The van der Waals surface area contributed by atoms with E-state index in [0.29, 0.717) is 23.8 Å². The van der Waals surface area contributed by atoms with Gasteiger partial charge in [0, 0.05) is 6.20 Å². The molecule has 3 rings (SSSR count). The van der Waals surface area contributed by atoms with E-state index in [1.54, 1.807) is 10.7 Å². The molecule has 3 aromatic rings. The van der Waals surface area contributed by atoms with Crippen LogP contribution in [0.15, 0.2) is 24.7 Å². The average Bonchev–Trinajstić information content (AvgIpc) is 3.01. The van der Waals surface area contributed by atoms with Gasteiger partial charge in [0.1, 0.15) is 17.7 Å². The molecule has 7 heteroatoms. The molecule has 0 aliphatic carbocycles. The van der Waals surface area contributed by atoms with Crippen molar-refractivity contribution in [2.24, 2.45) is 0 Å². The van der Waals surface area contributed by atoms with E-state index in [1.807, 2.05) is 30.5 Å². The molecule has 0 radical (unpaired) electrons. The lowest BCUT2D eigenvalue weighted by Crippen LogP contribution is -2.17. The van der Waals surface area contributed by atoms with Crippen LogP contribution in [0.3, 0.4) is 0 Å². The molecule has 0 fully saturated rings. The molecule has 0 spiro atoms. The fraction of sp³-hybridized carbons (Fsp3) is 0.357. The standard InChI is InChI=1S/C14H16ClN5O/c1-3-11(21)7-20-14(16-8-17-20)13-9(2)18-12-5-4-10(15)6-19(12)13/h4-6,8,11,21H,3,7H2,1-2H3/t11-/m1/s1. The van der Waals surface area contributed by atoms with Gasteiger partial charge in [0.15, 0.2) is 5.82 Å². The Morgan fingerprint density at radius 1 is 1.38 bits per heavy atom. The minimum absolute atomic E-state index is 0.402. The van der Waals surface area contributed by atoms with E-state index in [2.05, 4.69) is 15.1 Å². The van der Waals surface area contributed by atoms with Crippen molar-refractivity contribution in [1.82, 2.24) is 24.1 Å². The lowest BCUT2D eigenvalue weighted by Gasteiger charge is -2.10. The molecule has 110 valence electrons. The van der Waals surface area contributed by atoms with Gasteiger partial charge in [-0.1, -0.05) is 18.5 Å². The number of aromatic nitrogens is 5. The maximum atomic E-state index is 9.85. The summed E-state index contributed by atoms with van der Waals surface area (Å²) < 4.78 is 3.60. The summed E-state index contributed by atoms with van der Waals surface area (Å²) in [6.45, 7) is 4.26. The molecule has 0 aliphatic rings. The molecule has 3 heterocycles. The third-order valence-electron chi connectivity index (χ3n) is 3.44. The van der Waals surface area contributed by atoms with E-state index < -0.39 is 6.10 Å². The van der Waals surface area contributed by atoms with Crippen LogP contribution in [-0.4, -0.2) is 35.4 Å². The number of halogens is 1. The van der Waals surface area contributed by atoms with Crippen LogP contribution in [0.1, 0.15) is 19.0 Å². The summed E-state index contributed by atoms with van der Waals surface area (Å²) in [6, 6.07) is 3.67. The number of aryl methyl sites for hydroxylation is 1. The molecule has 21 heavy (non-hydrogen) atoms. The molecule has 0 saturated heterocycles. The molecule has 0 saturated carbocycles. The first kappa shape index (κ1) is 14.0. The Hall–Kier alpha value is -1.92. The summed E-state index contributed by atoms with van der Waals surface area (Å²) in [6.07, 6.45) is 3.51. The molecule has 1 N–H and O–H groups in total. The predicted octanol–water partition coefficient (Wildman–Crippen LogP) is 2.33. The number of hydrogen-bond donors (Lipinski definition) is 1. The smallest absolute Gasteiger partial charge is 0.177 e. The predicted molar refractivity (Wildman–Crippen MR) is 80.3 cm³/mol. The summed E-state index contributed by atoms with van der Waals surface area (Å²) in [7, 11) is 0. The van der Waals surface area contributed by atoms with Crippen molar-refractivity contribution in [2.75, 3.05) is 0 Å². The average molecular weight is 306 g/mol. The molecule has 0 bridgehead atoms. The van der Waals surface area contributed by atoms with Crippen LogP contribution in [0.2, 0.25) is 5.02 Å². The highest BCUT2D eigenvalue weighted by atomic mass is 35.5. The van der Waals surface area contributed by atoms with Crippen LogP contribution in [0, 0.1) is 6.92 Å². The first-order chi connectivity index (χ1) is 10.1. The molecule has 0 unspecified atom stereocenters. The van der Waals surface area contributed by atoms with Gasteiger partial charge in [-0.05, 0) is 25.5 Å². The van der Waals surface area contributed by atoms with Crippen LogP contribution in [0.4, 0.5) is 0 Å². The maximum absolute atomic E-state index is 9.85. The van der Waals surface area contributed by atoms with E-state index in [-0.39, 0.29) is 0 Å². The fourth-order valence-electron chi connectivity index (χ4n) is 2.32. The van der Waals surface area contributed by atoms with Crippen molar-refractivity contribution in [3.63, 3.8) is 0 Å². The molecule has 0 amide bonds. The lowest BCUT2D eigenvalue weighted by molar-refractivity contribution is 0.145. The summed E-state index contributed by atoms with van der Waals surface area (Å²) in [5.41, 5.74) is 2.49. The van der Waals surface area contributed by atoms with Gasteiger partial charge in [-0.25, -0.2) is 14.6 Å². The van der Waals surface area contributed by atoms with Crippen molar-refractivity contribution in [1.29, 1.82) is 0 Å². The third-order valence-corrected chi connectivity index (χ3v) is 3.66. The number of hydrogen-bond acceptors (Lipinski definition) is 4. The monoisotopic (exact) mass is 305 g/mol. The Bertz CT molecular complexity index is 779. The maximum Gasteiger partial charge on any atom is 0.177 e. The van der Waals surface area contributed by atoms with Gasteiger partial charge in [-0.2, -0.15) is 5.10 Å². The Labute approximate surface area is 127 Å². The zero-order chi connectivity index (χ0) is 15.0. The molecule has 0 aliphatic heterocycles. The Kier molecular flexibility index (Phi) is 3.65. The zero-order valence-electron chi connectivity index (χ0n) is 11.9. The highest BCUT2D eigenvalue weighted by Gasteiger charge is 2.18. The first-order valence-corrected chi connectivity index (χ1v) is 7.18. The first-order valence-electron chi connectivity index (χ1n) is 6.80. The van der Waals surface area contributed by atoms with E-state index in [0.717, 1.165) is 17.0 Å². The van der Waals surface area contributed by atoms with E-state index >= 15 is 0 Å². The number of nitrogens with zero attached hydrogens (tertiary/aromatic N) is 5. The fourth-order valence-corrected chi connectivity index (χ4v) is 2.48. The van der Waals surface area contributed by atoms with Crippen LogP contribution in [0.5, 0.6) is 0 Å². The topological polar surface area (TPSA) is 68.2 Å². The van der Waals surface area contributed by atoms with Gasteiger partial charge in [0.25, 0.3) is 0 Å². The van der Waals surface area contributed by atoms with Crippen molar-refractivity contribution in [2.45, 2.75) is 32.9 Å². The quantitative estimate of drug-likeness (QED) is 0.803. The second-order valence-electron chi connectivity index (χ2n) is 4.95.